The second-order valence-corrected chi connectivity index (χ2v) is 3.92. The van der Waals surface area contributed by atoms with Crippen molar-refractivity contribution in [2.75, 3.05) is 6.54 Å². The Hall–Kier alpha value is -1.75. The third kappa shape index (κ3) is 2.87. The summed E-state index contributed by atoms with van der Waals surface area (Å²) in [5, 5.41) is 4.53. The zero-order valence-corrected chi connectivity index (χ0v) is 9.41. The van der Waals surface area contributed by atoms with E-state index in [1.165, 1.54) is 11.3 Å². The van der Waals surface area contributed by atoms with Crippen LogP contribution < -0.4 is 5.32 Å². The van der Waals surface area contributed by atoms with Gasteiger partial charge in [0.1, 0.15) is 5.69 Å². The van der Waals surface area contributed by atoms with Gasteiger partial charge in [0.15, 0.2) is 0 Å². The quantitative estimate of drug-likeness (QED) is 0.871. The minimum Gasteiger partial charge on any atom is -0.350 e. The van der Waals surface area contributed by atoms with Crippen LogP contribution in [0.15, 0.2) is 35.3 Å². The van der Waals surface area contributed by atoms with Gasteiger partial charge >= 0.3 is 0 Å². The Morgan fingerprint density at radius 2 is 2.31 bits per heavy atom. The fraction of sp³-hybridized carbons (Fsp3) is 0.182. The second kappa shape index (κ2) is 5.37. The van der Waals surface area contributed by atoms with E-state index in [2.05, 4.69) is 15.3 Å². The van der Waals surface area contributed by atoms with Crippen molar-refractivity contribution in [3.63, 3.8) is 0 Å². The number of amides is 1. The maximum absolute atomic E-state index is 11.5. The Kier molecular flexibility index (Phi) is 3.61. The summed E-state index contributed by atoms with van der Waals surface area (Å²) in [6.07, 6.45) is 2.48. The number of hydrogen-bond acceptors (Lipinski definition) is 4. The summed E-state index contributed by atoms with van der Waals surface area (Å²) in [7, 11) is 0. The molecule has 5 heteroatoms. The number of carbonyl (C=O) groups is 1. The first-order valence-electron chi connectivity index (χ1n) is 4.92. The van der Waals surface area contributed by atoms with Crippen LogP contribution in [0.5, 0.6) is 0 Å². The van der Waals surface area contributed by atoms with Crippen LogP contribution in [-0.2, 0) is 6.42 Å². The summed E-state index contributed by atoms with van der Waals surface area (Å²) in [4.78, 5) is 19.6. The van der Waals surface area contributed by atoms with Gasteiger partial charge in [0, 0.05) is 30.2 Å². The molecular formula is C11H11N3OS. The van der Waals surface area contributed by atoms with Crippen molar-refractivity contribution >= 4 is 17.2 Å². The summed E-state index contributed by atoms with van der Waals surface area (Å²) in [5.41, 5.74) is 3.10. The van der Waals surface area contributed by atoms with Crippen molar-refractivity contribution in [2.24, 2.45) is 0 Å². The summed E-state index contributed by atoms with van der Waals surface area (Å²) in [6, 6.07) is 5.75. The minimum absolute atomic E-state index is 0.128. The Bertz CT molecular complexity index is 442. The smallest absolute Gasteiger partial charge is 0.270 e. The predicted molar refractivity (Wildman–Crippen MR) is 62.4 cm³/mol. The van der Waals surface area contributed by atoms with Gasteiger partial charge in [0.05, 0.1) is 5.51 Å². The summed E-state index contributed by atoms with van der Waals surface area (Å²) < 4.78 is 0. The lowest BCUT2D eigenvalue weighted by Gasteiger charge is -2.02. The third-order valence-corrected chi connectivity index (χ3v) is 2.64. The van der Waals surface area contributed by atoms with E-state index >= 15 is 0 Å². The molecule has 0 saturated heterocycles. The molecule has 2 heterocycles. The van der Waals surface area contributed by atoms with Gasteiger partial charge in [-0.15, -0.1) is 11.3 Å². The zero-order valence-electron chi connectivity index (χ0n) is 8.59. The van der Waals surface area contributed by atoms with E-state index in [1.54, 1.807) is 17.1 Å². The molecular weight excluding hydrogens is 222 g/mol. The molecule has 0 spiro atoms. The molecule has 0 aliphatic heterocycles. The minimum atomic E-state index is -0.128. The average molecular weight is 233 g/mol. The van der Waals surface area contributed by atoms with Gasteiger partial charge in [-0.05, 0) is 12.1 Å². The van der Waals surface area contributed by atoms with Crippen molar-refractivity contribution in [2.45, 2.75) is 6.42 Å². The van der Waals surface area contributed by atoms with Gasteiger partial charge in [-0.1, -0.05) is 6.07 Å². The molecule has 0 unspecified atom stereocenters. The van der Waals surface area contributed by atoms with E-state index in [1.807, 2.05) is 18.2 Å². The van der Waals surface area contributed by atoms with Gasteiger partial charge in [-0.25, -0.2) is 4.98 Å². The average Bonchev–Trinajstić information content (AvgIpc) is 2.84. The number of nitrogens with zero attached hydrogens (tertiary/aromatic N) is 2. The third-order valence-electron chi connectivity index (χ3n) is 2.06. The molecule has 0 atom stereocenters. The first-order chi connectivity index (χ1) is 7.86. The number of pyridine rings is 1. The second-order valence-electron chi connectivity index (χ2n) is 3.20. The summed E-state index contributed by atoms with van der Waals surface area (Å²) in [6.45, 7) is 0.577. The van der Waals surface area contributed by atoms with Crippen LogP contribution in [0.3, 0.4) is 0 Å². The molecule has 2 aromatic heterocycles. The maximum atomic E-state index is 11.5. The highest BCUT2D eigenvalue weighted by atomic mass is 32.1. The molecule has 4 nitrogen and oxygen atoms in total. The zero-order chi connectivity index (χ0) is 11.2. The Morgan fingerprint density at radius 3 is 3.00 bits per heavy atom. The summed E-state index contributed by atoms with van der Waals surface area (Å²) in [5.74, 6) is -0.128. The highest BCUT2D eigenvalue weighted by Crippen LogP contribution is 2.00. The van der Waals surface area contributed by atoms with E-state index in [0.717, 1.165) is 12.1 Å². The highest BCUT2D eigenvalue weighted by molar-refractivity contribution is 7.07. The van der Waals surface area contributed by atoms with Crippen LogP contribution in [0, 0.1) is 0 Å². The Morgan fingerprint density at radius 1 is 1.38 bits per heavy atom. The number of thiazole rings is 1. The largest absolute Gasteiger partial charge is 0.350 e. The molecule has 1 N–H and O–H groups in total. The molecule has 0 radical (unpaired) electrons. The van der Waals surface area contributed by atoms with Gasteiger partial charge in [0.2, 0.25) is 0 Å². The SMILES string of the molecule is O=C(NCCc1ccccn1)c1cscn1. The monoisotopic (exact) mass is 233 g/mol. The molecule has 1 amide bonds. The topological polar surface area (TPSA) is 54.9 Å². The number of nitrogens with one attached hydrogen (secondary N) is 1. The molecule has 2 rings (SSSR count). The molecule has 16 heavy (non-hydrogen) atoms. The maximum Gasteiger partial charge on any atom is 0.270 e. The number of carbonyl (C=O) groups excluding carboxylic acids is 1. The molecule has 2 aromatic rings. The lowest BCUT2D eigenvalue weighted by atomic mass is 10.2. The molecule has 0 aliphatic rings. The normalized spacial score (nSPS) is 10.0. The lowest BCUT2D eigenvalue weighted by Crippen LogP contribution is -2.26. The van der Waals surface area contributed by atoms with E-state index in [0.29, 0.717) is 12.2 Å². The van der Waals surface area contributed by atoms with E-state index in [-0.39, 0.29) is 5.91 Å². The van der Waals surface area contributed by atoms with Crippen molar-refractivity contribution in [3.05, 3.63) is 46.7 Å². The fourth-order valence-electron chi connectivity index (χ4n) is 1.27. The van der Waals surface area contributed by atoms with Crippen molar-refractivity contribution < 1.29 is 4.79 Å². The van der Waals surface area contributed by atoms with Crippen LogP contribution in [0.25, 0.3) is 0 Å². The van der Waals surface area contributed by atoms with Gasteiger partial charge < -0.3 is 5.32 Å². The molecule has 0 aliphatic carbocycles. The summed E-state index contributed by atoms with van der Waals surface area (Å²) >= 11 is 1.41. The van der Waals surface area contributed by atoms with Crippen LogP contribution >= 0.6 is 11.3 Å². The van der Waals surface area contributed by atoms with Crippen molar-refractivity contribution in [1.29, 1.82) is 0 Å². The predicted octanol–water partition coefficient (Wildman–Crippen LogP) is 1.51. The fourth-order valence-corrected chi connectivity index (χ4v) is 1.80. The van der Waals surface area contributed by atoms with Crippen LogP contribution in [0.1, 0.15) is 16.2 Å². The van der Waals surface area contributed by atoms with Crippen molar-refractivity contribution in [1.82, 2.24) is 15.3 Å². The first-order valence-corrected chi connectivity index (χ1v) is 5.87. The highest BCUT2D eigenvalue weighted by Gasteiger charge is 2.05. The Balaban J connectivity index is 1.79. The van der Waals surface area contributed by atoms with E-state index < -0.39 is 0 Å². The standard InChI is InChI=1S/C11H11N3OS/c15-11(10-7-16-8-14-10)13-6-4-9-3-1-2-5-12-9/h1-3,5,7-8H,4,6H2,(H,13,15). The van der Waals surface area contributed by atoms with Crippen LogP contribution in [0.4, 0.5) is 0 Å². The molecule has 0 fully saturated rings. The number of aromatic nitrogens is 2. The van der Waals surface area contributed by atoms with Gasteiger partial charge in [0.25, 0.3) is 5.91 Å². The Labute approximate surface area is 97.4 Å². The molecule has 82 valence electrons. The van der Waals surface area contributed by atoms with Gasteiger partial charge in [-0.3, -0.25) is 9.78 Å². The van der Waals surface area contributed by atoms with Gasteiger partial charge in [-0.2, -0.15) is 0 Å². The van der Waals surface area contributed by atoms with Crippen LogP contribution in [-0.4, -0.2) is 22.4 Å². The van der Waals surface area contributed by atoms with Crippen LogP contribution in [0.2, 0.25) is 0 Å². The molecule has 0 bridgehead atoms. The molecule has 0 aromatic carbocycles. The number of rotatable bonds is 4. The van der Waals surface area contributed by atoms with Crippen molar-refractivity contribution in [3.8, 4) is 0 Å². The lowest BCUT2D eigenvalue weighted by molar-refractivity contribution is 0.0950. The van der Waals surface area contributed by atoms with E-state index in [4.69, 9.17) is 0 Å². The number of hydrogen-bond donors (Lipinski definition) is 1. The first kappa shape index (κ1) is 10.8. The van der Waals surface area contributed by atoms with E-state index in [9.17, 15) is 4.79 Å². The molecule has 0 saturated carbocycles.